The second-order valence-corrected chi connectivity index (χ2v) is 5.46. The van der Waals surface area contributed by atoms with Gasteiger partial charge in [0.15, 0.2) is 0 Å². The van der Waals surface area contributed by atoms with Crippen LogP contribution in [0.3, 0.4) is 0 Å². The highest BCUT2D eigenvalue weighted by atomic mass is 16.5. The van der Waals surface area contributed by atoms with Crippen LogP contribution in [-0.2, 0) is 9.53 Å². The van der Waals surface area contributed by atoms with Gasteiger partial charge in [0.25, 0.3) is 0 Å². The summed E-state index contributed by atoms with van der Waals surface area (Å²) in [6.45, 7) is 2.49. The van der Waals surface area contributed by atoms with E-state index in [2.05, 4.69) is 6.92 Å². The van der Waals surface area contributed by atoms with Crippen LogP contribution in [0.25, 0.3) is 0 Å². The van der Waals surface area contributed by atoms with Crippen molar-refractivity contribution < 1.29 is 14.3 Å². The van der Waals surface area contributed by atoms with Crippen LogP contribution in [0.1, 0.15) is 39.0 Å². The Kier molecular flexibility index (Phi) is 5.27. The lowest BCUT2D eigenvalue weighted by atomic mass is 9.88. The molecule has 20 heavy (non-hydrogen) atoms. The number of ether oxygens (including phenoxy) is 2. The Labute approximate surface area is 120 Å². The topological polar surface area (TPSA) is 61.5 Å². The van der Waals surface area contributed by atoms with Crippen molar-refractivity contribution in [3.63, 3.8) is 0 Å². The Hall–Kier alpha value is -1.71. The van der Waals surface area contributed by atoms with Crippen molar-refractivity contribution in [3.8, 4) is 5.75 Å². The molecule has 1 fully saturated rings. The highest BCUT2D eigenvalue weighted by Gasteiger charge is 2.24. The molecule has 0 spiro atoms. The molecule has 2 N–H and O–H groups in total. The van der Waals surface area contributed by atoms with Crippen LogP contribution in [0.5, 0.6) is 5.75 Å². The van der Waals surface area contributed by atoms with E-state index in [0.717, 1.165) is 25.0 Å². The van der Waals surface area contributed by atoms with Gasteiger partial charge in [0.05, 0.1) is 13.0 Å². The van der Waals surface area contributed by atoms with Gasteiger partial charge in [0.1, 0.15) is 11.9 Å². The molecular formula is C16H23NO3. The van der Waals surface area contributed by atoms with Gasteiger partial charge in [-0.2, -0.15) is 0 Å². The Morgan fingerprint density at radius 3 is 2.65 bits per heavy atom. The van der Waals surface area contributed by atoms with Crippen molar-refractivity contribution in [2.45, 2.75) is 45.1 Å². The molecule has 0 saturated heterocycles. The molecule has 0 radical (unpaired) electrons. The average Bonchev–Trinajstić information content (AvgIpc) is 2.44. The standard InChI is InChI=1S/C16H23NO3/c1-12-4-2-3-5-15(12)20-16(18)10-11-19-14-8-6-13(17)7-9-14/h6-9,12,15H,2-5,10-11,17H2,1H3. The fraction of sp³-hybridized carbons (Fsp3) is 0.562. The molecule has 1 aromatic rings. The molecule has 1 aliphatic rings. The quantitative estimate of drug-likeness (QED) is 0.663. The summed E-state index contributed by atoms with van der Waals surface area (Å²) >= 11 is 0. The number of hydrogen-bond acceptors (Lipinski definition) is 4. The molecule has 0 aromatic heterocycles. The molecule has 1 aliphatic carbocycles. The first kappa shape index (κ1) is 14.7. The second kappa shape index (κ2) is 7.17. The maximum absolute atomic E-state index is 11.8. The molecule has 1 saturated carbocycles. The predicted octanol–water partition coefficient (Wildman–Crippen LogP) is 3.16. The Morgan fingerprint density at radius 1 is 1.25 bits per heavy atom. The van der Waals surface area contributed by atoms with Crippen molar-refractivity contribution in [1.29, 1.82) is 0 Å². The number of nitrogen functional groups attached to an aromatic ring is 1. The van der Waals surface area contributed by atoms with Gasteiger partial charge >= 0.3 is 5.97 Å². The fourth-order valence-corrected chi connectivity index (χ4v) is 2.50. The first-order valence-electron chi connectivity index (χ1n) is 7.33. The summed E-state index contributed by atoms with van der Waals surface area (Å²) in [4.78, 5) is 11.8. The molecule has 2 rings (SSSR count). The van der Waals surface area contributed by atoms with Crippen LogP contribution in [0.4, 0.5) is 5.69 Å². The molecule has 4 nitrogen and oxygen atoms in total. The lowest BCUT2D eigenvalue weighted by Gasteiger charge is -2.28. The van der Waals surface area contributed by atoms with Crippen molar-refractivity contribution in [1.82, 2.24) is 0 Å². The van der Waals surface area contributed by atoms with E-state index in [4.69, 9.17) is 15.2 Å². The maximum Gasteiger partial charge on any atom is 0.309 e. The van der Waals surface area contributed by atoms with Crippen LogP contribution in [0.15, 0.2) is 24.3 Å². The van der Waals surface area contributed by atoms with E-state index in [1.54, 1.807) is 24.3 Å². The van der Waals surface area contributed by atoms with Crippen LogP contribution in [0.2, 0.25) is 0 Å². The summed E-state index contributed by atoms with van der Waals surface area (Å²) in [5, 5.41) is 0. The third-order valence-electron chi connectivity index (χ3n) is 3.77. The molecule has 2 atom stereocenters. The van der Waals surface area contributed by atoms with Crippen LogP contribution in [0, 0.1) is 5.92 Å². The molecule has 4 heteroatoms. The van der Waals surface area contributed by atoms with Crippen LogP contribution >= 0.6 is 0 Å². The summed E-state index contributed by atoms with van der Waals surface area (Å²) in [5.74, 6) is 1.03. The van der Waals surface area contributed by atoms with Gasteiger partial charge in [-0.1, -0.05) is 13.3 Å². The minimum atomic E-state index is -0.167. The number of nitrogens with two attached hydrogens (primary N) is 1. The van der Waals surface area contributed by atoms with E-state index < -0.39 is 0 Å². The third kappa shape index (κ3) is 4.44. The summed E-state index contributed by atoms with van der Waals surface area (Å²) < 4.78 is 11.0. The highest BCUT2D eigenvalue weighted by Crippen LogP contribution is 2.26. The van der Waals surface area contributed by atoms with Gasteiger partial charge in [-0.25, -0.2) is 0 Å². The first-order valence-corrected chi connectivity index (χ1v) is 7.33. The van der Waals surface area contributed by atoms with Crippen LogP contribution in [-0.4, -0.2) is 18.7 Å². The highest BCUT2D eigenvalue weighted by molar-refractivity contribution is 5.69. The van der Waals surface area contributed by atoms with Gasteiger partial charge in [-0.05, 0) is 49.4 Å². The summed E-state index contributed by atoms with van der Waals surface area (Å²) in [6.07, 6.45) is 4.92. The van der Waals surface area contributed by atoms with E-state index >= 15 is 0 Å². The van der Waals surface area contributed by atoms with E-state index in [1.807, 2.05) is 0 Å². The van der Waals surface area contributed by atoms with Gasteiger partial charge in [-0.3, -0.25) is 4.79 Å². The molecule has 2 unspecified atom stereocenters. The number of hydrogen-bond donors (Lipinski definition) is 1. The zero-order valence-electron chi connectivity index (χ0n) is 12.0. The fourth-order valence-electron chi connectivity index (χ4n) is 2.50. The Bertz CT molecular complexity index is 430. The number of anilines is 1. The Morgan fingerprint density at radius 2 is 1.95 bits per heavy atom. The number of carbonyl (C=O) groups excluding carboxylic acids is 1. The van der Waals surface area contributed by atoms with Gasteiger partial charge in [-0.15, -0.1) is 0 Å². The van der Waals surface area contributed by atoms with Crippen molar-refractivity contribution in [2.24, 2.45) is 5.92 Å². The normalized spacial score (nSPS) is 22.2. The monoisotopic (exact) mass is 277 g/mol. The average molecular weight is 277 g/mol. The zero-order chi connectivity index (χ0) is 14.4. The summed E-state index contributed by atoms with van der Waals surface area (Å²) in [5.41, 5.74) is 6.29. The SMILES string of the molecule is CC1CCCCC1OC(=O)CCOc1ccc(N)cc1. The second-order valence-electron chi connectivity index (χ2n) is 5.46. The molecule has 110 valence electrons. The van der Waals surface area contributed by atoms with E-state index in [-0.39, 0.29) is 18.5 Å². The van der Waals surface area contributed by atoms with Crippen molar-refractivity contribution >= 4 is 11.7 Å². The lowest BCUT2D eigenvalue weighted by Crippen LogP contribution is -2.28. The number of benzene rings is 1. The first-order chi connectivity index (χ1) is 9.65. The van der Waals surface area contributed by atoms with Crippen molar-refractivity contribution in [2.75, 3.05) is 12.3 Å². The van der Waals surface area contributed by atoms with Crippen LogP contribution < -0.4 is 10.5 Å². The summed E-state index contributed by atoms with van der Waals surface area (Å²) in [6, 6.07) is 7.14. The van der Waals surface area contributed by atoms with E-state index in [9.17, 15) is 4.79 Å². The van der Waals surface area contributed by atoms with Gasteiger partial charge < -0.3 is 15.2 Å². The zero-order valence-corrected chi connectivity index (χ0v) is 12.0. The predicted molar refractivity (Wildman–Crippen MR) is 78.5 cm³/mol. The smallest absolute Gasteiger partial charge is 0.309 e. The molecule has 0 bridgehead atoms. The Balaban J connectivity index is 1.68. The minimum Gasteiger partial charge on any atom is -0.493 e. The molecule has 0 heterocycles. The third-order valence-corrected chi connectivity index (χ3v) is 3.77. The van der Waals surface area contributed by atoms with Crippen molar-refractivity contribution in [3.05, 3.63) is 24.3 Å². The van der Waals surface area contributed by atoms with E-state index in [1.165, 1.54) is 6.42 Å². The molecule has 1 aromatic carbocycles. The number of esters is 1. The summed E-state index contributed by atoms with van der Waals surface area (Å²) in [7, 11) is 0. The van der Waals surface area contributed by atoms with Gasteiger partial charge in [0, 0.05) is 5.69 Å². The minimum absolute atomic E-state index is 0.0905. The number of carbonyl (C=O) groups is 1. The maximum atomic E-state index is 11.8. The largest absolute Gasteiger partial charge is 0.493 e. The van der Waals surface area contributed by atoms with E-state index in [0.29, 0.717) is 18.2 Å². The lowest BCUT2D eigenvalue weighted by molar-refractivity contribution is -0.153. The van der Waals surface area contributed by atoms with Gasteiger partial charge in [0.2, 0.25) is 0 Å². The molecule has 0 aliphatic heterocycles. The number of rotatable bonds is 5. The molecular weight excluding hydrogens is 254 g/mol. The molecule has 0 amide bonds.